The molecule has 4 nitrogen and oxygen atoms in total. The molecular formula is C17H28N2O2. The van der Waals surface area contributed by atoms with E-state index in [1.807, 2.05) is 12.1 Å². The van der Waals surface area contributed by atoms with Crippen LogP contribution in [0.2, 0.25) is 0 Å². The topological polar surface area (TPSA) is 55.7 Å². The van der Waals surface area contributed by atoms with E-state index in [2.05, 4.69) is 31.0 Å². The SMILES string of the molecule is CC(C)(C)c1cc(C(O)CCN2CCNCC2)ccc1O. The number of aliphatic hydroxyl groups is 1. The summed E-state index contributed by atoms with van der Waals surface area (Å²) in [5, 5.41) is 23.7. The van der Waals surface area contributed by atoms with Crippen LogP contribution in [-0.2, 0) is 5.41 Å². The molecule has 1 heterocycles. The number of aliphatic hydroxyl groups excluding tert-OH is 1. The van der Waals surface area contributed by atoms with E-state index in [1.165, 1.54) is 0 Å². The van der Waals surface area contributed by atoms with Gasteiger partial charge in [0.25, 0.3) is 0 Å². The molecule has 0 aromatic heterocycles. The summed E-state index contributed by atoms with van der Waals surface area (Å²) < 4.78 is 0. The van der Waals surface area contributed by atoms with Gasteiger partial charge in [-0.25, -0.2) is 0 Å². The molecule has 0 aliphatic carbocycles. The van der Waals surface area contributed by atoms with E-state index >= 15 is 0 Å². The quantitative estimate of drug-likeness (QED) is 0.795. The first-order chi connectivity index (χ1) is 9.88. The van der Waals surface area contributed by atoms with Gasteiger partial charge in [-0.1, -0.05) is 26.8 Å². The van der Waals surface area contributed by atoms with E-state index in [0.717, 1.165) is 50.3 Å². The molecular weight excluding hydrogens is 264 g/mol. The van der Waals surface area contributed by atoms with Gasteiger partial charge in [-0.15, -0.1) is 0 Å². The predicted molar refractivity (Wildman–Crippen MR) is 85.7 cm³/mol. The summed E-state index contributed by atoms with van der Waals surface area (Å²) in [6.07, 6.45) is 0.260. The lowest BCUT2D eigenvalue weighted by atomic mass is 9.84. The summed E-state index contributed by atoms with van der Waals surface area (Å²) in [6.45, 7) is 11.3. The molecule has 118 valence electrons. The second-order valence-corrected chi connectivity index (χ2v) is 6.92. The van der Waals surface area contributed by atoms with E-state index in [-0.39, 0.29) is 5.41 Å². The van der Waals surface area contributed by atoms with Crippen molar-refractivity contribution in [3.63, 3.8) is 0 Å². The number of piperazine rings is 1. The molecule has 0 spiro atoms. The summed E-state index contributed by atoms with van der Waals surface area (Å²) in [5.74, 6) is 0.306. The molecule has 21 heavy (non-hydrogen) atoms. The lowest BCUT2D eigenvalue weighted by Crippen LogP contribution is -2.44. The average Bonchev–Trinajstić information content (AvgIpc) is 2.45. The van der Waals surface area contributed by atoms with Gasteiger partial charge in [0.1, 0.15) is 5.75 Å². The highest BCUT2D eigenvalue weighted by Gasteiger charge is 2.20. The van der Waals surface area contributed by atoms with Crippen molar-refractivity contribution in [3.05, 3.63) is 29.3 Å². The number of phenolic OH excluding ortho intramolecular Hbond substituents is 1. The lowest BCUT2D eigenvalue weighted by molar-refractivity contribution is 0.136. The molecule has 0 bridgehead atoms. The maximum absolute atomic E-state index is 10.4. The Morgan fingerprint density at radius 1 is 1.24 bits per heavy atom. The molecule has 0 amide bonds. The molecule has 4 heteroatoms. The number of phenols is 1. The molecule has 0 radical (unpaired) electrons. The second-order valence-electron chi connectivity index (χ2n) is 6.92. The Morgan fingerprint density at radius 2 is 1.90 bits per heavy atom. The third kappa shape index (κ3) is 4.43. The Bertz CT molecular complexity index is 462. The van der Waals surface area contributed by atoms with Crippen molar-refractivity contribution >= 4 is 0 Å². The smallest absolute Gasteiger partial charge is 0.119 e. The van der Waals surface area contributed by atoms with Gasteiger partial charge < -0.3 is 20.4 Å². The number of hydrogen-bond acceptors (Lipinski definition) is 4. The Morgan fingerprint density at radius 3 is 2.52 bits per heavy atom. The molecule has 1 saturated heterocycles. The molecule has 0 saturated carbocycles. The van der Waals surface area contributed by atoms with Gasteiger partial charge >= 0.3 is 0 Å². The Hall–Kier alpha value is -1.10. The van der Waals surface area contributed by atoms with Crippen molar-refractivity contribution in [2.45, 2.75) is 38.7 Å². The molecule has 1 aromatic carbocycles. The molecule has 1 fully saturated rings. The first-order valence-electron chi connectivity index (χ1n) is 7.82. The van der Waals surface area contributed by atoms with Crippen molar-refractivity contribution in [2.24, 2.45) is 0 Å². The van der Waals surface area contributed by atoms with Crippen molar-refractivity contribution in [3.8, 4) is 5.75 Å². The van der Waals surface area contributed by atoms with Crippen LogP contribution in [0.25, 0.3) is 0 Å². The highest BCUT2D eigenvalue weighted by molar-refractivity contribution is 5.41. The van der Waals surface area contributed by atoms with E-state index < -0.39 is 6.10 Å². The summed E-state index contributed by atoms with van der Waals surface area (Å²) in [4.78, 5) is 2.38. The summed E-state index contributed by atoms with van der Waals surface area (Å²) in [7, 11) is 0. The van der Waals surface area contributed by atoms with E-state index in [9.17, 15) is 10.2 Å². The zero-order valence-corrected chi connectivity index (χ0v) is 13.4. The standard InChI is InChI=1S/C17H28N2O2/c1-17(2,3)14-12-13(4-5-16(14)21)15(20)6-9-19-10-7-18-8-11-19/h4-5,12,15,18,20-21H,6-11H2,1-3H3. The third-order valence-corrected chi connectivity index (χ3v) is 4.14. The van der Waals surface area contributed by atoms with Gasteiger partial charge in [0, 0.05) is 32.7 Å². The third-order valence-electron chi connectivity index (χ3n) is 4.14. The van der Waals surface area contributed by atoms with Crippen LogP contribution >= 0.6 is 0 Å². The zero-order chi connectivity index (χ0) is 15.5. The molecule has 1 atom stereocenters. The Balaban J connectivity index is 2.00. The van der Waals surface area contributed by atoms with Gasteiger partial charge in [-0.05, 0) is 35.1 Å². The van der Waals surface area contributed by atoms with E-state index in [0.29, 0.717) is 5.75 Å². The summed E-state index contributed by atoms with van der Waals surface area (Å²) in [6, 6.07) is 5.47. The van der Waals surface area contributed by atoms with Crippen molar-refractivity contribution in [1.29, 1.82) is 0 Å². The first kappa shape index (κ1) is 16.3. The Kier molecular flexibility index (Phi) is 5.25. The number of benzene rings is 1. The predicted octanol–water partition coefficient (Wildman–Crippen LogP) is 2.02. The van der Waals surface area contributed by atoms with E-state index in [4.69, 9.17) is 0 Å². The molecule has 1 aliphatic rings. The molecule has 1 unspecified atom stereocenters. The van der Waals surface area contributed by atoms with Gasteiger partial charge in [-0.3, -0.25) is 0 Å². The van der Waals surface area contributed by atoms with E-state index in [1.54, 1.807) is 6.07 Å². The lowest BCUT2D eigenvalue weighted by Gasteiger charge is -2.28. The van der Waals surface area contributed by atoms with Crippen molar-refractivity contribution in [2.75, 3.05) is 32.7 Å². The molecule has 1 aromatic rings. The van der Waals surface area contributed by atoms with Crippen LogP contribution in [-0.4, -0.2) is 47.8 Å². The number of rotatable bonds is 4. The van der Waals surface area contributed by atoms with Gasteiger partial charge in [0.05, 0.1) is 6.10 Å². The summed E-state index contributed by atoms with van der Waals surface area (Å²) in [5.41, 5.74) is 1.66. The van der Waals surface area contributed by atoms with Crippen LogP contribution in [0, 0.1) is 0 Å². The van der Waals surface area contributed by atoms with Crippen LogP contribution in [0.4, 0.5) is 0 Å². The molecule has 3 N–H and O–H groups in total. The maximum Gasteiger partial charge on any atom is 0.119 e. The van der Waals surface area contributed by atoms with Gasteiger partial charge in [0.2, 0.25) is 0 Å². The highest BCUT2D eigenvalue weighted by Crippen LogP contribution is 2.33. The monoisotopic (exact) mass is 292 g/mol. The van der Waals surface area contributed by atoms with Crippen LogP contribution in [0.5, 0.6) is 5.75 Å². The first-order valence-corrected chi connectivity index (χ1v) is 7.82. The number of nitrogens with zero attached hydrogens (tertiary/aromatic N) is 1. The van der Waals surface area contributed by atoms with Crippen LogP contribution < -0.4 is 5.32 Å². The fourth-order valence-electron chi connectivity index (χ4n) is 2.77. The maximum atomic E-state index is 10.4. The number of nitrogens with one attached hydrogen (secondary N) is 1. The van der Waals surface area contributed by atoms with Crippen LogP contribution in [0.1, 0.15) is 44.4 Å². The largest absolute Gasteiger partial charge is 0.508 e. The zero-order valence-electron chi connectivity index (χ0n) is 13.4. The Labute approximate surface area is 127 Å². The molecule has 2 rings (SSSR count). The number of hydrogen-bond donors (Lipinski definition) is 3. The minimum absolute atomic E-state index is 0.127. The van der Waals surface area contributed by atoms with Crippen LogP contribution in [0.15, 0.2) is 18.2 Å². The average molecular weight is 292 g/mol. The van der Waals surface area contributed by atoms with Gasteiger partial charge in [-0.2, -0.15) is 0 Å². The second kappa shape index (κ2) is 6.77. The van der Waals surface area contributed by atoms with Crippen molar-refractivity contribution in [1.82, 2.24) is 10.2 Å². The fourth-order valence-corrected chi connectivity index (χ4v) is 2.77. The molecule has 1 aliphatic heterocycles. The fraction of sp³-hybridized carbons (Fsp3) is 0.647. The minimum atomic E-state index is -0.471. The van der Waals surface area contributed by atoms with Crippen molar-refractivity contribution < 1.29 is 10.2 Å². The minimum Gasteiger partial charge on any atom is -0.508 e. The summed E-state index contributed by atoms with van der Waals surface area (Å²) >= 11 is 0. The highest BCUT2D eigenvalue weighted by atomic mass is 16.3. The van der Waals surface area contributed by atoms with Gasteiger partial charge in [0.15, 0.2) is 0 Å². The normalized spacial score (nSPS) is 18.7. The number of aromatic hydroxyl groups is 1. The van der Waals surface area contributed by atoms with Crippen LogP contribution in [0.3, 0.4) is 0 Å².